The number of imidazole rings is 1. The third kappa shape index (κ3) is 1.59. The summed E-state index contributed by atoms with van der Waals surface area (Å²) in [5.41, 5.74) is 1.31. The largest absolute Gasteiger partial charge is 0.338 e. The molecule has 2 nitrogen and oxygen atoms in total. The Labute approximate surface area is 61.9 Å². The van der Waals surface area contributed by atoms with Gasteiger partial charge < -0.3 is 4.57 Å². The molecule has 0 fully saturated rings. The van der Waals surface area contributed by atoms with E-state index in [1.807, 2.05) is 19.6 Å². The normalized spacial score (nSPS) is 10.8. The summed E-state index contributed by atoms with van der Waals surface area (Å²) in [5.74, 6) is 0.718. The topological polar surface area (TPSA) is 17.8 Å². The molecule has 0 amide bonds. The minimum absolute atomic E-state index is 0.718. The summed E-state index contributed by atoms with van der Waals surface area (Å²) in [6, 6.07) is 0. The van der Waals surface area contributed by atoms with Crippen LogP contribution in [0.5, 0.6) is 0 Å². The molecule has 1 aromatic heterocycles. The van der Waals surface area contributed by atoms with Gasteiger partial charge in [0.05, 0.1) is 6.33 Å². The Morgan fingerprint density at radius 2 is 2.30 bits per heavy atom. The molecular formula is C8H14N2. The molecule has 0 aromatic carbocycles. The molecular weight excluding hydrogens is 124 g/mol. The summed E-state index contributed by atoms with van der Waals surface area (Å²) >= 11 is 0. The molecule has 0 unspecified atom stereocenters. The molecule has 1 rings (SSSR count). The summed E-state index contributed by atoms with van der Waals surface area (Å²) in [7, 11) is 2.03. The Morgan fingerprint density at radius 1 is 1.60 bits per heavy atom. The van der Waals surface area contributed by atoms with Crippen molar-refractivity contribution in [3.05, 3.63) is 18.2 Å². The molecule has 0 saturated carbocycles. The van der Waals surface area contributed by atoms with E-state index >= 15 is 0 Å². The first-order valence-electron chi connectivity index (χ1n) is 3.65. The van der Waals surface area contributed by atoms with Crippen LogP contribution in [0, 0.1) is 5.92 Å². The second-order valence-corrected chi connectivity index (χ2v) is 3.09. The molecule has 10 heavy (non-hydrogen) atoms. The maximum Gasteiger partial charge on any atom is 0.0945 e. The Kier molecular flexibility index (Phi) is 2.10. The number of hydrogen-bond acceptors (Lipinski definition) is 1. The fourth-order valence-electron chi connectivity index (χ4n) is 1.000. The van der Waals surface area contributed by atoms with Crippen molar-refractivity contribution in [1.82, 2.24) is 9.55 Å². The summed E-state index contributed by atoms with van der Waals surface area (Å²) in [6.45, 7) is 4.43. The first-order chi connectivity index (χ1) is 4.70. The van der Waals surface area contributed by atoms with Gasteiger partial charge in [0.2, 0.25) is 0 Å². The van der Waals surface area contributed by atoms with Gasteiger partial charge in [0, 0.05) is 18.9 Å². The van der Waals surface area contributed by atoms with Gasteiger partial charge in [-0.05, 0) is 12.3 Å². The van der Waals surface area contributed by atoms with Gasteiger partial charge in [-0.2, -0.15) is 0 Å². The zero-order valence-electron chi connectivity index (χ0n) is 6.83. The first kappa shape index (κ1) is 7.32. The van der Waals surface area contributed by atoms with Crippen molar-refractivity contribution in [2.24, 2.45) is 13.0 Å². The van der Waals surface area contributed by atoms with Crippen molar-refractivity contribution < 1.29 is 0 Å². The van der Waals surface area contributed by atoms with Crippen molar-refractivity contribution in [2.45, 2.75) is 20.3 Å². The predicted octanol–water partition coefficient (Wildman–Crippen LogP) is 1.62. The number of rotatable bonds is 2. The third-order valence-electron chi connectivity index (χ3n) is 1.53. The number of nitrogens with zero attached hydrogens (tertiary/aromatic N) is 2. The summed E-state index contributed by atoms with van der Waals surface area (Å²) in [4.78, 5) is 4.04. The average molecular weight is 138 g/mol. The molecule has 0 aliphatic rings. The first-order valence-corrected chi connectivity index (χ1v) is 3.65. The third-order valence-corrected chi connectivity index (χ3v) is 1.53. The Bertz CT molecular complexity index is 201. The van der Waals surface area contributed by atoms with E-state index in [0.29, 0.717) is 0 Å². The molecule has 1 heterocycles. The predicted molar refractivity (Wildman–Crippen MR) is 41.8 cm³/mol. The highest BCUT2D eigenvalue weighted by molar-refractivity contribution is 4.97. The highest BCUT2D eigenvalue weighted by Crippen LogP contribution is 2.04. The van der Waals surface area contributed by atoms with Gasteiger partial charge in [-0.1, -0.05) is 13.8 Å². The lowest BCUT2D eigenvalue weighted by atomic mass is 10.1. The van der Waals surface area contributed by atoms with E-state index < -0.39 is 0 Å². The fourth-order valence-corrected chi connectivity index (χ4v) is 1.000. The van der Waals surface area contributed by atoms with E-state index in [1.54, 1.807) is 0 Å². The van der Waals surface area contributed by atoms with Crippen LogP contribution in [0.15, 0.2) is 12.5 Å². The second-order valence-electron chi connectivity index (χ2n) is 3.09. The van der Waals surface area contributed by atoms with E-state index in [4.69, 9.17) is 0 Å². The smallest absolute Gasteiger partial charge is 0.0945 e. The molecule has 0 spiro atoms. The van der Waals surface area contributed by atoms with Crippen molar-refractivity contribution in [2.75, 3.05) is 0 Å². The van der Waals surface area contributed by atoms with Crippen LogP contribution >= 0.6 is 0 Å². The van der Waals surface area contributed by atoms with E-state index in [-0.39, 0.29) is 0 Å². The molecule has 0 N–H and O–H groups in total. The van der Waals surface area contributed by atoms with E-state index in [9.17, 15) is 0 Å². The molecule has 2 heteroatoms. The van der Waals surface area contributed by atoms with E-state index in [1.165, 1.54) is 5.69 Å². The maximum absolute atomic E-state index is 4.04. The number of aryl methyl sites for hydroxylation is 1. The minimum atomic E-state index is 0.718. The lowest BCUT2D eigenvalue weighted by Crippen LogP contribution is -1.99. The van der Waals surface area contributed by atoms with Crippen LogP contribution in [-0.4, -0.2) is 9.55 Å². The monoisotopic (exact) mass is 138 g/mol. The molecule has 56 valence electrons. The molecule has 0 bridgehead atoms. The van der Waals surface area contributed by atoms with Crippen molar-refractivity contribution >= 4 is 0 Å². The molecule has 0 aliphatic heterocycles. The number of aromatic nitrogens is 2. The zero-order chi connectivity index (χ0) is 7.56. The molecule has 0 saturated heterocycles. The lowest BCUT2D eigenvalue weighted by molar-refractivity contribution is 0.616. The van der Waals surface area contributed by atoms with Gasteiger partial charge in [0.1, 0.15) is 0 Å². The Hall–Kier alpha value is -0.790. The van der Waals surface area contributed by atoms with Crippen LogP contribution in [-0.2, 0) is 13.5 Å². The highest BCUT2D eigenvalue weighted by Gasteiger charge is 1.99. The van der Waals surface area contributed by atoms with Crippen LogP contribution in [0.25, 0.3) is 0 Å². The Morgan fingerprint density at radius 3 is 2.70 bits per heavy atom. The number of hydrogen-bond donors (Lipinski definition) is 0. The van der Waals surface area contributed by atoms with E-state index in [2.05, 4.69) is 23.4 Å². The van der Waals surface area contributed by atoms with Gasteiger partial charge in [0.25, 0.3) is 0 Å². The van der Waals surface area contributed by atoms with E-state index in [0.717, 1.165) is 12.3 Å². The molecule has 0 atom stereocenters. The fraction of sp³-hybridized carbons (Fsp3) is 0.625. The quantitative estimate of drug-likeness (QED) is 0.607. The van der Waals surface area contributed by atoms with Gasteiger partial charge in [-0.3, -0.25) is 0 Å². The lowest BCUT2D eigenvalue weighted by Gasteiger charge is -2.03. The standard InChI is InChI=1S/C8H14N2/c1-7(2)4-8-5-9-6-10(8)3/h5-7H,4H2,1-3H3. The molecule has 1 aromatic rings. The minimum Gasteiger partial charge on any atom is -0.338 e. The molecule has 0 radical (unpaired) electrons. The van der Waals surface area contributed by atoms with Crippen LogP contribution in [0.1, 0.15) is 19.5 Å². The zero-order valence-corrected chi connectivity index (χ0v) is 6.83. The maximum atomic E-state index is 4.04. The van der Waals surface area contributed by atoms with Crippen molar-refractivity contribution in [3.8, 4) is 0 Å². The average Bonchev–Trinajstić information content (AvgIpc) is 2.15. The van der Waals surface area contributed by atoms with Crippen molar-refractivity contribution in [3.63, 3.8) is 0 Å². The summed E-state index contributed by atoms with van der Waals surface area (Å²) < 4.78 is 2.07. The van der Waals surface area contributed by atoms with Gasteiger partial charge in [-0.15, -0.1) is 0 Å². The van der Waals surface area contributed by atoms with Crippen LogP contribution in [0.3, 0.4) is 0 Å². The van der Waals surface area contributed by atoms with Crippen LogP contribution in [0.2, 0.25) is 0 Å². The summed E-state index contributed by atoms with van der Waals surface area (Å²) in [6.07, 6.45) is 4.90. The second kappa shape index (κ2) is 2.86. The Balaban J connectivity index is 2.65. The van der Waals surface area contributed by atoms with Gasteiger partial charge in [-0.25, -0.2) is 4.98 Å². The van der Waals surface area contributed by atoms with Crippen LogP contribution < -0.4 is 0 Å². The summed E-state index contributed by atoms with van der Waals surface area (Å²) in [5, 5.41) is 0. The van der Waals surface area contributed by atoms with Gasteiger partial charge in [0.15, 0.2) is 0 Å². The highest BCUT2D eigenvalue weighted by atomic mass is 15.0. The van der Waals surface area contributed by atoms with Crippen molar-refractivity contribution in [1.29, 1.82) is 0 Å². The van der Waals surface area contributed by atoms with Gasteiger partial charge >= 0.3 is 0 Å². The molecule has 0 aliphatic carbocycles. The SMILES string of the molecule is CC(C)Cc1cncn1C. The van der Waals surface area contributed by atoms with Crippen LogP contribution in [0.4, 0.5) is 0 Å².